The van der Waals surface area contributed by atoms with E-state index in [-0.39, 0.29) is 16.0 Å². The van der Waals surface area contributed by atoms with Gasteiger partial charge in [0.1, 0.15) is 23.3 Å². The Morgan fingerprint density at radius 3 is 2.50 bits per heavy atom. The van der Waals surface area contributed by atoms with Gasteiger partial charge in [-0.1, -0.05) is 0 Å². The quantitative estimate of drug-likeness (QED) is 0.745. The average molecular weight is 315 g/mol. The van der Waals surface area contributed by atoms with E-state index in [9.17, 15) is 8.78 Å². The van der Waals surface area contributed by atoms with Crippen LogP contribution in [-0.4, -0.2) is 4.98 Å². The maximum absolute atomic E-state index is 13.5. The predicted octanol–water partition coefficient (Wildman–Crippen LogP) is 3.03. The molecule has 0 aliphatic carbocycles. The Bertz CT molecular complexity index is 604. The van der Waals surface area contributed by atoms with Crippen molar-refractivity contribution < 1.29 is 8.78 Å². The van der Waals surface area contributed by atoms with Crippen LogP contribution >= 0.6 is 15.9 Å². The van der Waals surface area contributed by atoms with Crippen LogP contribution in [-0.2, 0) is 0 Å². The highest BCUT2D eigenvalue weighted by atomic mass is 79.9. The number of anilines is 4. The molecule has 2 rings (SSSR count). The molecule has 1 aromatic carbocycles. The van der Waals surface area contributed by atoms with Gasteiger partial charge in [0, 0.05) is 6.07 Å². The molecule has 7 heteroatoms. The maximum Gasteiger partial charge on any atom is 0.149 e. The van der Waals surface area contributed by atoms with Gasteiger partial charge in [0.05, 0.1) is 15.8 Å². The van der Waals surface area contributed by atoms with Crippen LogP contribution in [0.15, 0.2) is 28.7 Å². The monoisotopic (exact) mass is 314 g/mol. The van der Waals surface area contributed by atoms with Gasteiger partial charge < -0.3 is 16.8 Å². The van der Waals surface area contributed by atoms with Gasteiger partial charge in [-0.15, -0.1) is 0 Å². The third kappa shape index (κ3) is 2.51. The van der Waals surface area contributed by atoms with Crippen LogP contribution in [0.25, 0.3) is 0 Å². The van der Waals surface area contributed by atoms with Crippen LogP contribution < -0.4 is 16.8 Å². The molecule has 0 fully saturated rings. The number of benzene rings is 1. The molecule has 0 aliphatic heterocycles. The second kappa shape index (κ2) is 4.77. The molecule has 0 radical (unpaired) electrons. The maximum atomic E-state index is 13.5. The highest BCUT2D eigenvalue weighted by Crippen LogP contribution is 2.26. The minimum Gasteiger partial charge on any atom is -0.396 e. The normalized spacial score (nSPS) is 10.4. The average Bonchev–Trinajstić information content (AvgIpc) is 2.31. The number of nitrogen functional groups attached to an aromatic ring is 2. The lowest BCUT2D eigenvalue weighted by atomic mass is 10.3. The number of nitrogens with two attached hydrogens (primary N) is 2. The SMILES string of the molecule is Nc1ccc(Nc2cc(Br)c(F)cc2F)nc1N. The van der Waals surface area contributed by atoms with Gasteiger partial charge in [-0.3, -0.25) is 0 Å². The number of halogens is 3. The van der Waals surface area contributed by atoms with Crippen molar-refractivity contribution in [1.29, 1.82) is 0 Å². The molecule has 0 amide bonds. The Balaban J connectivity index is 2.34. The van der Waals surface area contributed by atoms with E-state index in [4.69, 9.17) is 11.5 Å². The van der Waals surface area contributed by atoms with Crippen molar-refractivity contribution in [3.05, 3.63) is 40.4 Å². The van der Waals surface area contributed by atoms with Crippen molar-refractivity contribution in [3.63, 3.8) is 0 Å². The number of hydrogen-bond acceptors (Lipinski definition) is 4. The highest BCUT2D eigenvalue weighted by Gasteiger charge is 2.09. The lowest BCUT2D eigenvalue weighted by molar-refractivity contribution is 0.581. The van der Waals surface area contributed by atoms with Crippen molar-refractivity contribution in [2.45, 2.75) is 0 Å². The van der Waals surface area contributed by atoms with Gasteiger partial charge >= 0.3 is 0 Å². The fourth-order valence-electron chi connectivity index (χ4n) is 1.31. The molecule has 0 saturated heterocycles. The largest absolute Gasteiger partial charge is 0.396 e. The Kier molecular flexibility index (Phi) is 3.33. The molecular formula is C11H9BrF2N4. The van der Waals surface area contributed by atoms with E-state index in [0.29, 0.717) is 11.5 Å². The number of nitrogens with zero attached hydrogens (tertiary/aromatic N) is 1. The summed E-state index contributed by atoms with van der Waals surface area (Å²) >= 11 is 2.97. The summed E-state index contributed by atoms with van der Waals surface area (Å²) in [4.78, 5) is 3.93. The molecule has 0 bridgehead atoms. The fourth-order valence-corrected chi connectivity index (χ4v) is 1.66. The van der Waals surface area contributed by atoms with Crippen LogP contribution in [0.3, 0.4) is 0 Å². The van der Waals surface area contributed by atoms with E-state index in [1.165, 1.54) is 6.07 Å². The first kappa shape index (κ1) is 12.6. The molecule has 1 heterocycles. The van der Waals surface area contributed by atoms with Crippen LogP contribution in [0.1, 0.15) is 0 Å². The molecule has 0 atom stereocenters. The molecule has 0 aliphatic rings. The second-order valence-corrected chi connectivity index (χ2v) is 4.40. The second-order valence-electron chi connectivity index (χ2n) is 3.54. The molecule has 0 saturated carbocycles. The number of aromatic nitrogens is 1. The van der Waals surface area contributed by atoms with Gasteiger partial charge in [-0.25, -0.2) is 13.8 Å². The summed E-state index contributed by atoms with van der Waals surface area (Å²) in [5, 5.41) is 2.69. The summed E-state index contributed by atoms with van der Waals surface area (Å²) in [6.07, 6.45) is 0. The molecule has 18 heavy (non-hydrogen) atoms. The lowest BCUT2D eigenvalue weighted by Crippen LogP contribution is -2.02. The standard InChI is InChI=1S/C11H9BrF2N4/c12-5-3-9(7(14)4-6(5)13)17-10-2-1-8(15)11(16)18-10/h1-4H,15H2,(H3,16,17,18). The van der Waals surface area contributed by atoms with Gasteiger partial charge in [-0.2, -0.15) is 0 Å². The molecule has 2 aromatic rings. The van der Waals surface area contributed by atoms with Crippen LogP contribution in [0.2, 0.25) is 0 Å². The summed E-state index contributed by atoms with van der Waals surface area (Å²) in [5.41, 5.74) is 11.5. The smallest absolute Gasteiger partial charge is 0.149 e. The summed E-state index contributed by atoms with van der Waals surface area (Å²) < 4.78 is 26.7. The van der Waals surface area contributed by atoms with Gasteiger partial charge in [0.15, 0.2) is 0 Å². The predicted molar refractivity (Wildman–Crippen MR) is 70.4 cm³/mol. The number of pyridine rings is 1. The zero-order chi connectivity index (χ0) is 13.3. The van der Waals surface area contributed by atoms with E-state index < -0.39 is 11.6 Å². The Morgan fingerprint density at radius 1 is 1.11 bits per heavy atom. The molecule has 1 aromatic heterocycles. The molecule has 94 valence electrons. The summed E-state index contributed by atoms with van der Waals surface area (Å²) in [6.45, 7) is 0. The molecule has 0 unspecified atom stereocenters. The summed E-state index contributed by atoms with van der Waals surface area (Å²) in [5.74, 6) is -0.948. The first-order valence-electron chi connectivity index (χ1n) is 4.91. The summed E-state index contributed by atoms with van der Waals surface area (Å²) in [7, 11) is 0. The Hall–Kier alpha value is -1.89. The van der Waals surface area contributed by atoms with E-state index >= 15 is 0 Å². The zero-order valence-corrected chi connectivity index (χ0v) is 10.6. The Labute approximate surface area is 110 Å². The van der Waals surface area contributed by atoms with Crippen LogP contribution in [0.4, 0.5) is 31.8 Å². The Morgan fingerprint density at radius 2 is 1.83 bits per heavy atom. The third-order valence-corrected chi connectivity index (χ3v) is 2.84. The summed E-state index contributed by atoms with van der Waals surface area (Å²) in [6, 6.07) is 5.13. The highest BCUT2D eigenvalue weighted by molar-refractivity contribution is 9.10. The molecule has 5 N–H and O–H groups in total. The number of hydrogen-bond donors (Lipinski definition) is 3. The van der Waals surface area contributed by atoms with Crippen molar-refractivity contribution >= 4 is 38.9 Å². The topological polar surface area (TPSA) is 77.0 Å². The van der Waals surface area contributed by atoms with Gasteiger partial charge in [-0.05, 0) is 34.1 Å². The van der Waals surface area contributed by atoms with Gasteiger partial charge in [0.2, 0.25) is 0 Å². The van der Waals surface area contributed by atoms with Crippen molar-refractivity contribution in [2.75, 3.05) is 16.8 Å². The van der Waals surface area contributed by atoms with Crippen LogP contribution in [0.5, 0.6) is 0 Å². The van der Waals surface area contributed by atoms with Crippen LogP contribution in [0, 0.1) is 11.6 Å². The van der Waals surface area contributed by atoms with E-state index in [0.717, 1.165) is 6.07 Å². The minimum atomic E-state index is -0.729. The van der Waals surface area contributed by atoms with Crippen molar-refractivity contribution in [1.82, 2.24) is 4.98 Å². The first-order chi connectivity index (χ1) is 8.47. The molecule has 4 nitrogen and oxygen atoms in total. The molecular weight excluding hydrogens is 306 g/mol. The minimum absolute atomic E-state index is 0.0833. The van der Waals surface area contributed by atoms with Crippen molar-refractivity contribution in [2.24, 2.45) is 0 Å². The van der Waals surface area contributed by atoms with Crippen molar-refractivity contribution in [3.8, 4) is 0 Å². The van der Waals surface area contributed by atoms with E-state index in [2.05, 4.69) is 26.2 Å². The number of rotatable bonds is 2. The molecule has 0 spiro atoms. The lowest BCUT2D eigenvalue weighted by Gasteiger charge is -2.09. The van der Waals surface area contributed by atoms with E-state index in [1.54, 1.807) is 12.1 Å². The number of nitrogens with one attached hydrogen (secondary N) is 1. The fraction of sp³-hybridized carbons (Fsp3) is 0. The first-order valence-corrected chi connectivity index (χ1v) is 5.70. The third-order valence-electron chi connectivity index (χ3n) is 2.23. The zero-order valence-electron chi connectivity index (χ0n) is 9.05. The van der Waals surface area contributed by atoms with Gasteiger partial charge in [0.25, 0.3) is 0 Å². The van der Waals surface area contributed by atoms with E-state index in [1.807, 2.05) is 0 Å².